The Labute approximate surface area is 146 Å². The smallest absolute Gasteiger partial charge is 0.220 e. The summed E-state index contributed by atoms with van der Waals surface area (Å²) in [6.45, 7) is -0.247. The average molecular weight is 355 g/mol. The molecule has 2 rings (SSSR count). The maximum Gasteiger partial charge on any atom is 0.220 e. The highest BCUT2D eigenvalue weighted by molar-refractivity contribution is 5.76. The quantitative estimate of drug-likeness (QED) is 0.361. The van der Waals surface area contributed by atoms with Gasteiger partial charge in [0.1, 0.15) is 24.4 Å². The fraction of sp³-hybridized carbons (Fsp3) is 0.588. The minimum absolute atomic E-state index is 0.0553. The molecule has 140 valence electrons. The van der Waals surface area contributed by atoms with Crippen LogP contribution in [0.2, 0.25) is 0 Å². The van der Waals surface area contributed by atoms with Gasteiger partial charge in [0.15, 0.2) is 6.29 Å². The summed E-state index contributed by atoms with van der Waals surface area (Å²) in [5.41, 5.74) is 1.08. The van der Waals surface area contributed by atoms with Crippen LogP contribution in [0.4, 0.5) is 0 Å². The molecule has 0 aliphatic carbocycles. The number of rotatable bonds is 8. The van der Waals surface area contributed by atoms with Gasteiger partial charge in [-0.05, 0) is 12.0 Å². The molecule has 5 atom stereocenters. The van der Waals surface area contributed by atoms with Crippen molar-refractivity contribution in [2.24, 2.45) is 0 Å². The van der Waals surface area contributed by atoms with Crippen LogP contribution in [0.15, 0.2) is 30.3 Å². The van der Waals surface area contributed by atoms with Crippen LogP contribution in [0.3, 0.4) is 0 Å². The van der Waals surface area contributed by atoms with E-state index in [1.807, 2.05) is 30.3 Å². The Bertz CT molecular complexity index is 525. The van der Waals surface area contributed by atoms with Gasteiger partial charge >= 0.3 is 0 Å². The van der Waals surface area contributed by atoms with Crippen molar-refractivity contribution < 1.29 is 34.7 Å². The van der Waals surface area contributed by atoms with E-state index in [1.54, 1.807) is 0 Å². The van der Waals surface area contributed by atoms with Gasteiger partial charge in [-0.15, -0.1) is 0 Å². The van der Waals surface area contributed by atoms with Crippen molar-refractivity contribution in [3.05, 3.63) is 35.9 Å². The first-order chi connectivity index (χ1) is 12.0. The molecule has 0 bridgehead atoms. The molecule has 5 N–H and O–H groups in total. The second kappa shape index (κ2) is 9.81. The Kier molecular flexibility index (Phi) is 7.76. The Morgan fingerprint density at radius 2 is 1.84 bits per heavy atom. The average Bonchev–Trinajstić information content (AvgIpc) is 2.64. The molecule has 8 heteroatoms. The van der Waals surface area contributed by atoms with Crippen LogP contribution < -0.4 is 5.32 Å². The number of hydrogen-bond acceptors (Lipinski definition) is 7. The third kappa shape index (κ3) is 5.74. The number of benzene rings is 1. The highest BCUT2D eigenvalue weighted by Crippen LogP contribution is 2.21. The molecular weight excluding hydrogens is 330 g/mol. The largest absolute Gasteiger partial charge is 0.394 e. The lowest BCUT2D eigenvalue weighted by Crippen LogP contribution is -2.59. The van der Waals surface area contributed by atoms with Crippen molar-refractivity contribution in [2.45, 2.75) is 43.5 Å². The molecule has 8 nitrogen and oxygen atoms in total. The van der Waals surface area contributed by atoms with Crippen molar-refractivity contribution in [1.29, 1.82) is 0 Å². The lowest BCUT2D eigenvalue weighted by molar-refractivity contribution is -0.300. The van der Waals surface area contributed by atoms with Crippen molar-refractivity contribution in [1.82, 2.24) is 5.32 Å². The van der Waals surface area contributed by atoms with Crippen molar-refractivity contribution in [3.63, 3.8) is 0 Å². The summed E-state index contributed by atoms with van der Waals surface area (Å²) >= 11 is 0. The van der Waals surface area contributed by atoms with Gasteiger partial charge in [0, 0.05) is 13.0 Å². The van der Waals surface area contributed by atoms with E-state index in [0.717, 1.165) is 5.56 Å². The molecular formula is C17H25NO7. The lowest BCUT2D eigenvalue weighted by Gasteiger charge is -2.39. The molecule has 1 aromatic carbocycles. The molecule has 1 saturated heterocycles. The maximum absolute atomic E-state index is 11.8. The first kappa shape index (κ1) is 19.8. The number of aliphatic hydroxyl groups excluding tert-OH is 4. The van der Waals surface area contributed by atoms with Gasteiger partial charge in [-0.25, -0.2) is 0 Å². The van der Waals surface area contributed by atoms with E-state index in [2.05, 4.69) is 5.32 Å². The molecule has 1 aliphatic rings. The van der Waals surface area contributed by atoms with Crippen LogP contribution in [0.25, 0.3) is 0 Å². The maximum atomic E-state index is 11.8. The molecule has 1 aliphatic heterocycles. The predicted molar refractivity (Wildman–Crippen MR) is 87.5 cm³/mol. The Morgan fingerprint density at radius 1 is 1.12 bits per heavy atom. The van der Waals surface area contributed by atoms with Crippen LogP contribution in [0.1, 0.15) is 12.0 Å². The number of aryl methyl sites for hydroxylation is 1. The number of amides is 1. The number of hydrogen-bond donors (Lipinski definition) is 5. The zero-order valence-electron chi connectivity index (χ0n) is 13.8. The number of carbonyl (C=O) groups is 1. The van der Waals surface area contributed by atoms with Gasteiger partial charge in [0.25, 0.3) is 0 Å². The van der Waals surface area contributed by atoms with Crippen LogP contribution >= 0.6 is 0 Å². The molecule has 0 spiro atoms. The second-order valence-electron chi connectivity index (χ2n) is 5.90. The molecule has 0 radical (unpaired) electrons. The van der Waals surface area contributed by atoms with Gasteiger partial charge in [0.05, 0.1) is 13.2 Å². The normalized spacial score (nSPS) is 29.4. The first-order valence-corrected chi connectivity index (χ1v) is 8.25. The molecule has 25 heavy (non-hydrogen) atoms. The molecule has 1 fully saturated rings. The van der Waals surface area contributed by atoms with E-state index >= 15 is 0 Å². The van der Waals surface area contributed by atoms with Crippen LogP contribution in [0, 0.1) is 0 Å². The van der Waals surface area contributed by atoms with Gasteiger partial charge in [-0.3, -0.25) is 4.79 Å². The highest BCUT2D eigenvalue weighted by Gasteiger charge is 2.43. The van der Waals surface area contributed by atoms with Gasteiger partial charge < -0.3 is 35.2 Å². The standard InChI is InChI=1S/C17H25NO7/c19-10-12-14(21)15(22)16(23)17(25-12)24-9-8-18-13(20)7-6-11-4-2-1-3-5-11/h1-5,12,14-17,19,21-23H,6-10H2,(H,18,20)/t12-,14+,15+,16-,17-/m1/s1. The molecule has 0 aromatic heterocycles. The summed E-state index contributed by atoms with van der Waals surface area (Å²) in [6, 6.07) is 9.66. The number of nitrogens with one attached hydrogen (secondary N) is 1. The van der Waals surface area contributed by atoms with Gasteiger partial charge in [0.2, 0.25) is 5.91 Å². The molecule has 1 heterocycles. The van der Waals surface area contributed by atoms with Gasteiger partial charge in [-0.2, -0.15) is 0 Å². The van der Waals surface area contributed by atoms with E-state index in [0.29, 0.717) is 12.8 Å². The first-order valence-electron chi connectivity index (χ1n) is 8.25. The fourth-order valence-electron chi connectivity index (χ4n) is 2.56. The summed E-state index contributed by atoms with van der Waals surface area (Å²) in [5, 5.41) is 40.9. The minimum Gasteiger partial charge on any atom is -0.394 e. The highest BCUT2D eigenvalue weighted by atomic mass is 16.7. The van der Waals surface area contributed by atoms with Crippen LogP contribution in [0.5, 0.6) is 0 Å². The van der Waals surface area contributed by atoms with E-state index in [9.17, 15) is 20.1 Å². The summed E-state index contributed by atoms with van der Waals surface area (Å²) in [4.78, 5) is 11.8. The van der Waals surface area contributed by atoms with Gasteiger partial charge in [-0.1, -0.05) is 30.3 Å². The summed E-state index contributed by atoms with van der Waals surface area (Å²) in [6.07, 6.45) is -5.54. The Morgan fingerprint density at radius 3 is 2.52 bits per heavy atom. The third-order valence-electron chi connectivity index (χ3n) is 4.04. The zero-order chi connectivity index (χ0) is 18.2. The van der Waals surface area contributed by atoms with E-state index < -0.39 is 37.3 Å². The fourth-order valence-corrected chi connectivity index (χ4v) is 2.56. The van der Waals surface area contributed by atoms with Crippen molar-refractivity contribution in [2.75, 3.05) is 19.8 Å². The number of aliphatic hydroxyl groups is 4. The van der Waals surface area contributed by atoms with E-state index in [1.165, 1.54) is 0 Å². The van der Waals surface area contributed by atoms with Crippen LogP contribution in [-0.2, 0) is 20.7 Å². The molecule has 1 aromatic rings. The molecule has 0 unspecified atom stereocenters. The lowest BCUT2D eigenvalue weighted by atomic mass is 9.99. The monoisotopic (exact) mass is 355 g/mol. The summed E-state index contributed by atoms with van der Waals surface area (Å²) < 4.78 is 10.5. The van der Waals surface area contributed by atoms with Crippen LogP contribution in [-0.4, -0.2) is 76.8 Å². The van der Waals surface area contributed by atoms with Crippen molar-refractivity contribution >= 4 is 5.91 Å². The van der Waals surface area contributed by atoms with Crippen molar-refractivity contribution in [3.8, 4) is 0 Å². The number of ether oxygens (including phenoxy) is 2. The van der Waals surface area contributed by atoms with E-state index in [4.69, 9.17) is 14.6 Å². The predicted octanol–water partition coefficient (Wildman–Crippen LogP) is -1.45. The Balaban J connectivity index is 1.65. The third-order valence-corrected chi connectivity index (χ3v) is 4.04. The molecule has 1 amide bonds. The van der Waals surface area contributed by atoms with E-state index in [-0.39, 0.29) is 19.1 Å². The summed E-state index contributed by atoms with van der Waals surface area (Å²) in [7, 11) is 0. The Hall–Kier alpha value is -1.55. The SMILES string of the molecule is O=C(CCc1ccccc1)NCCO[C@@H]1O[C@H](CO)[C@H](O)[C@H](O)[C@H]1O. The minimum atomic E-state index is -1.48. The zero-order valence-corrected chi connectivity index (χ0v) is 13.8. The number of carbonyl (C=O) groups excluding carboxylic acids is 1. The summed E-state index contributed by atoms with van der Waals surface area (Å²) in [5.74, 6) is -0.124. The second-order valence-corrected chi connectivity index (χ2v) is 5.90. The molecule has 0 saturated carbocycles. The topological polar surface area (TPSA) is 128 Å².